The van der Waals surface area contributed by atoms with Crippen LogP contribution in [0.15, 0.2) is 24.3 Å². The molecule has 1 amide bonds. The predicted molar refractivity (Wildman–Crippen MR) is 86.9 cm³/mol. The minimum atomic E-state index is -4.83. The zero-order valence-corrected chi connectivity index (χ0v) is 15.2. The molecule has 0 fully saturated rings. The average molecular weight is 405 g/mol. The molecular formula is C17H18F3NO7. The molecule has 0 aliphatic rings. The van der Waals surface area contributed by atoms with Crippen molar-refractivity contribution < 1.29 is 46.6 Å². The van der Waals surface area contributed by atoms with Gasteiger partial charge in [-0.2, -0.15) is 13.2 Å². The van der Waals surface area contributed by atoms with Gasteiger partial charge in [-0.1, -0.05) is 12.1 Å². The molecule has 0 saturated carbocycles. The summed E-state index contributed by atoms with van der Waals surface area (Å²) in [4.78, 5) is 48.1. The lowest BCUT2D eigenvalue weighted by Gasteiger charge is -2.24. The van der Waals surface area contributed by atoms with Gasteiger partial charge in [0, 0.05) is 0 Å². The van der Waals surface area contributed by atoms with Gasteiger partial charge in [0.2, 0.25) is 0 Å². The van der Waals surface area contributed by atoms with E-state index in [-0.39, 0.29) is 0 Å². The molecule has 154 valence electrons. The van der Waals surface area contributed by atoms with Crippen LogP contribution in [0.2, 0.25) is 0 Å². The van der Waals surface area contributed by atoms with Crippen molar-refractivity contribution in [1.29, 1.82) is 0 Å². The van der Waals surface area contributed by atoms with Gasteiger partial charge in [-0.25, -0.2) is 4.79 Å². The van der Waals surface area contributed by atoms with Gasteiger partial charge in [0.05, 0.1) is 44.8 Å². The van der Waals surface area contributed by atoms with Crippen molar-refractivity contribution in [3.63, 3.8) is 0 Å². The number of benzene rings is 1. The van der Waals surface area contributed by atoms with Crippen LogP contribution in [-0.2, 0) is 34.8 Å². The van der Waals surface area contributed by atoms with E-state index in [2.05, 4.69) is 14.2 Å². The number of hydrogen-bond donors (Lipinski definition) is 1. The molecule has 11 heteroatoms. The highest BCUT2D eigenvalue weighted by atomic mass is 19.4. The number of rotatable bonds is 7. The highest BCUT2D eigenvalue weighted by molar-refractivity contribution is 5.99. The number of amides is 1. The van der Waals surface area contributed by atoms with Crippen molar-refractivity contribution in [1.82, 2.24) is 5.32 Å². The van der Waals surface area contributed by atoms with Gasteiger partial charge >= 0.3 is 24.1 Å². The van der Waals surface area contributed by atoms with E-state index in [4.69, 9.17) is 0 Å². The summed E-state index contributed by atoms with van der Waals surface area (Å²) in [6.07, 6.45) is -5.51. The summed E-state index contributed by atoms with van der Waals surface area (Å²) in [5.41, 5.74) is -2.01. The van der Waals surface area contributed by atoms with Gasteiger partial charge in [-0.15, -0.1) is 0 Å². The topological polar surface area (TPSA) is 108 Å². The fourth-order valence-electron chi connectivity index (χ4n) is 2.35. The van der Waals surface area contributed by atoms with E-state index in [0.717, 1.165) is 33.5 Å². The summed E-state index contributed by atoms with van der Waals surface area (Å²) < 4.78 is 52.8. The van der Waals surface area contributed by atoms with Crippen LogP contribution in [0.25, 0.3) is 0 Å². The molecule has 1 aromatic carbocycles. The van der Waals surface area contributed by atoms with Crippen LogP contribution in [-0.4, -0.2) is 51.2 Å². The number of carbonyl (C=O) groups excluding carboxylic acids is 4. The molecule has 0 spiro atoms. The van der Waals surface area contributed by atoms with Gasteiger partial charge in [-0.3, -0.25) is 14.4 Å². The number of halogens is 3. The largest absolute Gasteiger partial charge is 0.469 e. The van der Waals surface area contributed by atoms with Gasteiger partial charge in [0.15, 0.2) is 0 Å². The molecule has 2 atom stereocenters. The lowest BCUT2D eigenvalue weighted by molar-refractivity contribution is -0.158. The van der Waals surface area contributed by atoms with E-state index < -0.39 is 59.5 Å². The molecule has 0 aliphatic carbocycles. The van der Waals surface area contributed by atoms with Crippen LogP contribution in [0, 0.1) is 5.92 Å². The van der Waals surface area contributed by atoms with Crippen molar-refractivity contribution in [2.45, 2.75) is 18.6 Å². The molecule has 0 radical (unpaired) electrons. The maximum Gasteiger partial charge on any atom is 0.417 e. The van der Waals surface area contributed by atoms with Crippen LogP contribution in [0.4, 0.5) is 13.2 Å². The Morgan fingerprint density at radius 2 is 1.54 bits per heavy atom. The Morgan fingerprint density at radius 3 is 2.04 bits per heavy atom. The molecule has 0 heterocycles. The molecule has 0 bridgehead atoms. The number of esters is 3. The molecule has 1 N–H and O–H groups in total. The third-order valence-electron chi connectivity index (χ3n) is 3.74. The Labute approximate surface area is 157 Å². The molecule has 0 unspecified atom stereocenters. The monoisotopic (exact) mass is 405 g/mol. The van der Waals surface area contributed by atoms with Crippen LogP contribution >= 0.6 is 0 Å². The molecule has 28 heavy (non-hydrogen) atoms. The Morgan fingerprint density at radius 1 is 0.964 bits per heavy atom. The summed E-state index contributed by atoms with van der Waals surface area (Å²) in [5, 5.41) is 2.02. The normalized spacial score (nSPS) is 13.1. The zero-order valence-electron chi connectivity index (χ0n) is 15.2. The minimum Gasteiger partial charge on any atom is -0.469 e. The number of ether oxygens (including phenoxy) is 3. The second-order valence-electron chi connectivity index (χ2n) is 5.43. The zero-order chi connectivity index (χ0) is 21.5. The van der Waals surface area contributed by atoms with Crippen LogP contribution in [0.5, 0.6) is 0 Å². The lowest BCUT2D eigenvalue weighted by atomic mass is 9.95. The van der Waals surface area contributed by atoms with Gasteiger partial charge in [0.1, 0.15) is 6.04 Å². The first-order valence-electron chi connectivity index (χ1n) is 7.76. The van der Waals surface area contributed by atoms with Gasteiger partial charge in [0.25, 0.3) is 5.91 Å². The highest BCUT2D eigenvalue weighted by Gasteiger charge is 2.40. The third kappa shape index (κ3) is 5.69. The van der Waals surface area contributed by atoms with Crippen LogP contribution in [0.1, 0.15) is 22.3 Å². The molecular weight excluding hydrogens is 387 g/mol. The average Bonchev–Trinajstić information content (AvgIpc) is 2.68. The maximum absolute atomic E-state index is 13.1. The standard InChI is InChI=1S/C17H18F3NO7/c1-26-12(22)8-10(15(24)27-2)13(16(25)28-3)21-14(23)9-6-4-5-7-11(9)17(18,19)20/h4-7,10,13H,8H2,1-3H3,(H,21,23)/t10-,13+/m0/s1. The quantitative estimate of drug-likeness (QED) is 0.539. The summed E-state index contributed by atoms with van der Waals surface area (Å²) in [6, 6.07) is 2.09. The SMILES string of the molecule is COC(=O)C[C@H](C(=O)OC)[C@@H](NC(=O)c1ccccc1C(F)(F)F)C(=O)OC. The number of hydrogen-bond acceptors (Lipinski definition) is 7. The molecule has 8 nitrogen and oxygen atoms in total. The van der Waals surface area contributed by atoms with Crippen LogP contribution < -0.4 is 5.32 Å². The number of carbonyl (C=O) groups is 4. The molecule has 1 aromatic rings. The number of methoxy groups -OCH3 is 3. The maximum atomic E-state index is 13.1. The predicted octanol–water partition coefficient (Wildman–Crippen LogP) is 1.33. The van der Waals surface area contributed by atoms with Crippen LogP contribution in [0.3, 0.4) is 0 Å². The van der Waals surface area contributed by atoms with E-state index in [9.17, 15) is 32.3 Å². The molecule has 1 rings (SSSR count). The molecule has 0 aromatic heterocycles. The summed E-state index contributed by atoms with van der Waals surface area (Å²) in [7, 11) is 2.95. The third-order valence-corrected chi connectivity index (χ3v) is 3.74. The Hall–Kier alpha value is -3.11. The van der Waals surface area contributed by atoms with Crippen molar-refractivity contribution in [3.05, 3.63) is 35.4 Å². The van der Waals surface area contributed by atoms with Crippen molar-refractivity contribution in [2.24, 2.45) is 5.92 Å². The van der Waals surface area contributed by atoms with E-state index in [0.29, 0.717) is 6.07 Å². The van der Waals surface area contributed by atoms with Gasteiger partial charge < -0.3 is 19.5 Å². The Balaban J connectivity index is 3.29. The highest BCUT2D eigenvalue weighted by Crippen LogP contribution is 2.32. The first-order chi connectivity index (χ1) is 13.1. The van der Waals surface area contributed by atoms with Crippen molar-refractivity contribution in [3.8, 4) is 0 Å². The summed E-state index contributed by atoms with van der Waals surface area (Å²) in [6.45, 7) is 0. The molecule has 0 saturated heterocycles. The van der Waals surface area contributed by atoms with E-state index >= 15 is 0 Å². The fourth-order valence-corrected chi connectivity index (χ4v) is 2.35. The van der Waals surface area contributed by atoms with Crippen molar-refractivity contribution >= 4 is 23.8 Å². The molecule has 0 aliphatic heterocycles. The van der Waals surface area contributed by atoms with E-state index in [1.807, 2.05) is 5.32 Å². The lowest BCUT2D eigenvalue weighted by Crippen LogP contribution is -2.50. The van der Waals surface area contributed by atoms with E-state index in [1.54, 1.807) is 0 Å². The Bertz CT molecular complexity index is 749. The first kappa shape index (κ1) is 22.9. The number of alkyl halides is 3. The fraction of sp³-hybridized carbons (Fsp3) is 0.412. The first-order valence-corrected chi connectivity index (χ1v) is 7.76. The second kappa shape index (κ2) is 9.72. The summed E-state index contributed by atoms with van der Waals surface area (Å²) in [5.74, 6) is -5.99. The number of nitrogens with one attached hydrogen (secondary N) is 1. The minimum absolute atomic E-state index is 0.676. The van der Waals surface area contributed by atoms with E-state index in [1.165, 1.54) is 6.07 Å². The Kier molecular flexibility index (Phi) is 7.96. The smallest absolute Gasteiger partial charge is 0.417 e. The second-order valence-corrected chi connectivity index (χ2v) is 5.43. The summed E-state index contributed by atoms with van der Waals surface area (Å²) >= 11 is 0. The van der Waals surface area contributed by atoms with Crippen molar-refractivity contribution in [2.75, 3.05) is 21.3 Å². The van der Waals surface area contributed by atoms with Gasteiger partial charge in [-0.05, 0) is 12.1 Å².